The number of carbonyl (C=O) groups excluding carboxylic acids is 1. The van der Waals surface area contributed by atoms with E-state index in [4.69, 9.17) is 9.84 Å². The molecule has 100 valence electrons. The second-order valence-corrected chi connectivity index (χ2v) is 5.58. The highest BCUT2D eigenvalue weighted by atomic mass is 79.9. The lowest BCUT2D eigenvalue weighted by Crippen LogP contribution is -2.38. The average Bonchev–Trinajstić information content (AvgIpc) is 2.36. The number of aliphatic hydroxyl groups is 1. The van der Waals surface area contributed by atoms with Gasteiger partial charge >= 0.3 is 0 Å². The Kier molecular flexibility index (Phi) is 5.16. The second-order valence-electron chi connectivity index (χ2n) is 4.66. The molecule has 0 heterocycles. The Balaban J connectivity index is 2.95. The van der Waals surface area contributed by atoms with Crippen LogP contribution < -0.4 is 10.1 Å². The Bertz CT molecular complexity index is 432. The third-order valence-corrected chi connectivity index (χ3v) is 3.26. The van der Waals surface area contributed by atoms with Crippen LogP contribution in [0.25, 0.3) is 0 Å². The molecule has 0 spiro atoms. The molecule has 0 unspecified atom stereocenters. The molecule has 18 heavy (non-hydrogen) atoms. The van der Waals surface area contributed by atoms with E-state index in [1.807, 2.05) is 32.0 Å². The molecule has 1 aromatic carbocycles. The van der Waals surface area contributed by atoms with Crippen molar-refractivity contribution in [3.05, 3.63) is 28.2 Å². The maximum Gasteiger partial charge on any atom is 0.245 e. The molecule has 0 aromatic heterocycles. The van der Waals surface area contributed by atoms with Gasteiger partial charge in [0.15, 0.2) is 0 Å². The normalized spacial score (nSPS) is 11.2. The molecule has 0 atom stereocenters. The van der Waals surface area contributed by atoms with Crippen LogP contribution >= 0.6 is 15.9 Å². The number of halogens is 1. The zero-order chi connectivity index (χ0) is 13.8. The molecule has 0 radical (unpaired) electrons. The molecule has 0 saturated carbocycles. The predicted molar refractivity (Wildman–Crippen MR) is 73.8 cm³/mol. The van der Waals surface area contributed by atoms with Crippen molar-refractivity contribution in [3.8, 4) is 5.75 Å². The van der Waals surface area contributed by atoms with Crippen LogP contribution in [-0.2, 0) is 10.2 Å². The van der Waals surface area contributed by atoms with E-state index in [-0.39, 0.29) is 11.3 Å². The summed E-state index contributed by atoms with van der Waals surface area (Å²) < 4.78 is 6.30. The van der Waals surface area contributed by atoms with Crippen LogP contribution in [0, 0.1) is 0 Å². The van der Waals surface area contributed by atoms with Crippen molar-refractivity contribution in [2.75, 3.05) is 20.3 Å². The summed E-state index contributed by atoms with van der Waals surface area (Å²) in [6, 6.07) is 5.77. The predicted octanol–water partition coefficient (Wildman–Crippen LogP) is 1.84. The number of rotatable bonds is 5. The van der Waals surface area contributed by atoms with Crippen LogP contribution in [-0.4, -0.2) is 31.3 Å². The quantitative estimate of drug-likeness (QED) is 0.871. The van der Waals surface area contributed by atoms with Gasteiger partial charge in [0, 0.05) is 22.0 Å². The van der Waals surface area contributed by atoms with Crippen molar-refractivity contribution >= 4 is 21.8 Å². The maximum absolute atomic E-state index is 11.1. The van der Waals surface area contributed by atoms with Gasteiger partial charge in [0.1, 0.15) is 12.4 Å². The maximum atomic E-state index is 11.1. The first-order chi connectivity index (χ1) is 8.40. The van der Waals surface area contributed by atoms with Crippen LogP contribution in [0.5, 0.6) is 5.75 Å². The van der Waals surface area contributed by atoms with Gasteiger partial charge in [-0.15, -0.1) is 0 Å². The molecule has 5 heteroatoms. The lowest BCUT2D eigenvalue weighted by atomic mass is 9.84. The molecule has 0 saturated heterocycles. The number of methoxy groups -OCH3 is 1. The molecule has 0 aliphatic heterocycles. The van der Waals surface area contributed by atoms with Crippen LogP contribution in [0.3, 0.4) is 0 Å². The summed E-state index contributed by atoms with van der Waals surface area (Å²) in [6.07, 6.45) is 0. The van der Waals surface area contributed by atoms with E-state index in [0.29, 0.717) is 6.54 Å². The molecule has 4 nitrogen and oxygen atoms in total. The van der Waals surface area contributed by atoms with Crippen molar-refractivity contribution in [2.24, 2.45) is 0 Å². The molecule has 0 aliphatic carbocycles. The summed E-state index contributed by atoms with van der Waals surface area (Å²) in [5.41, 5.74) is 0.706. The lowest BCUT2D eigenvalue weighted by molar-refractivity contribution is -0.124. The highest BCUT2D eigenvalue weighted by molar-refractivity contribution is 9.10. The molecule has 2 N–H and O–H groups in total. The van der Waals surface area contributed by atoms with Crippen LogP contribution in [0.15, 0.2) is 22.7 Å². The molecular formula is C13H18BrNO3. The number of nitrogens with one attached hydrogen (secondary N) is 1. The SMILES string of the molecule is COc1ccc(Br)cc1C(C)(C)CNC(=O)CO. The standard InChI is InChI=1S/C13H18BrNO3/c1-13(2,8-15-12(17)7-16)10-6-9(14)4-5-11(10)18-3/h4-6,16H,7-8H2,1-3H3,(H,15,17). The van der Waals surface area contributed by atoms with Crippen LogP contribution in [0.4, 0.5) is 0 Å². The summed E-state index contributed by atoms with van der Waals surface area (Å²) >= 11 is 3.43. The fourth-order valence-electron chi connectivity index (χ4n) is 1.68. The Morgan fingerprint density at radius 2 is 2.17 bits per heavy atom. The van der Waals surface area contributed by atoms with Gasteiger partial charge in [-0.3, -0.25) is 4.79 Å². The Labute approximate surface area is 115 Å². The Hall–Kier alpha value is -1.07. The first kappa shape index (κ1) is 15.0. The lowest BCUT2D eigenvalue weighted by Gasteiger charge is -2.27. The van der Waals surface area contributed by atoms with Gasteiger partial charge in [-0.05, 0) is 18.2 Å². The van der Waals surface area contributed by atoms with E-state index in [1.54, 1.807) is 7.11 Å². The first-order valence-corrected chi connectivity index (χ1v) is 6.41. The monoisotopic (exact) mass is 315 g/mol. The topological polar surface area (TPSA) is 58.6 Å². The summed E-state index contributed by atoms with van der Waals surface area (Å²) in [5, 5.41) is 11.4. The second kappa shape index (κ2) is 6.20. The number of carbonyl (C=O) groups is 1. The minimum absolute atomic E-state index is 0.292. The van der Waals surface area contributed by atoms with E-state index in [0.717, 1.165) is 15.8 Å². The van der Waals surface area contributed by atoms with Crippen molar-refractivity contribution in [2.45, 2.75) is 19.3 Å². The van der Waals surface area contributed by atoms with Gasteiger partial charge in [-0.2, -0.15) is 0 Å². The van der Waals surface area contributed by atoms with Crippen molar-refractivity contribution in [1.29, 1.82) is 0 Å². The Morgan fingerprint density at radius 1 is 1.50 bits per heavy atom. The van der Waals surface area contributed by atoms with Gasteiger partial charge in [0.05, 0.1) is 7.11 Å². The van der Waals surface area contributed by atoms with Gasteiger partial charge < -0.3 is 15.2 Å². The fraction of sp³-hybridized carbons (Fsp3) is 0.462. The van der Waals surface area contributed by atoms with Gasteiger partial charge in [0.25, 0.3) is 0 Å². The summed E-state index contributed by atoms with van der Waals surface area (Å²) in [7, 11) is 1.62. The molecule has 0 fully saturated rings. The van der Waals surface area contributed by atoms with Crippen molar-refractivity contribution < 1.29 is 14.6 Å². The van der Waals surface area contributed by atoms with E-state index in [2.05, 4.69) is 21.2 Å². The summed E-state index contributed by atoms with van der Waals surface area (Å²) in [4.78, 5) is 11.1. The van der Waals surface area contributed by atoms with E-state index in [1.165, 1.54) is 0 Å². The summed E-state index contributed by atoms with van der Waals surface area (Å²) in [5.74, 6) is 0.401. The van der Waals surface area contributed by atoms with Crippen LogP contribution in [0.2, 0.25) is 0 Å². The zero-order valence-corrected chi connectivity index (χ0v) is 12.4. The smallest absolute Gasteiger partial charge is 0.245 e. The third-order valence-electron chi connectivity index (χ3n) is 2.76. The zero-order valence-electron chi connectivity index (χ0n) is 10.8. The number of benzene rings is 1. The number of hydrogen-bond acceptors (Lipinski definition) is 3. The largest absolute Gasteiger partial charge is 0.496 e. The third kappa shape index (κ3) is 3.71. The highest BCUT2D eigenvalue weighted by Gasteiger charge is 2.25. The summed E-state index contributed by atoms with van der Waals surface area (Å²) in [6.45, 7) is 3.95. The van der Waals surface area contributed by atoms with Gasteiger partial charge in [-0.25, -0.2) is 0 Å². The molecule has 0 aliphatic rings. The van der Waals surface area contributed by atoms with Crippen molar-refractivity contribution in [1.82, 2.24) is 5.32 Å². The van der Waals surface area contributed by atoms with E-state index < -0.39 is 6.61 Å². The van der Waals surface area contributed by atoms with Crippen LogP contribution in [0.1, 0.15) is 19.4 Å². The fourth-order valence-corrected chi connectivity index (χ4v) is 2.04. The minimum atomic E-state index is -0.494. The van der Waals surface area contributed by atoms with Gasteiger partial charge in [-0.1, -0.05) is 29.8 Å². The number of hydrogen-bond donors (Lipinski definition) is 2. The number of ether oxygens (including phenoxy) is 1. The van der Waals surface area contributed by atoms with Crippen molar-refractivity contribution in [3.63, 3.8) is 0 Å². The number of amides is 1. The Morgan fingerprint density at radius 3 is 2.72 bits per heavy atom. The van der Waals surface area contributed by atoms with E-state index in [9.17, 15) is 4.79 Å². The molecular weight excluding hydrogens is 298 g/mol. The van der Waals surface area contributed by atoms with Gasteiger partial charge in [0.2, 0.25) is 5.91 Å². The highest BCUT2D eigenvalue weighted by Crippen LogP contribution is 2.33. The molecule has 1 rings (SSSR count). The first-order valence-electron chi connectivity index (χ1n) is 5.62. The minimum Gasteiger partial charge on any atom is -0.496 e. The molecule has 1 aromatic rings. The molecule has 1 amide bonds. The van der Waals surface area contributed by atoms with E-state index >= 15 is 0 Å². The molecule has 0 bridgehead atoms. The average molecular weight is 316 g/mol. The number of aliphatic hydroxyl groups excluding tert-OH is 1.